The Morgan fingerprint density at radius 3 is 1.68 bits per heavy atom. The molecule has 8 nitrogen and oxygen atoms in total. The Balaban J connectivity index is 0.000000198. The van der Waals surface area contributed by atoms with Gasteiger partial charge in [-0.3, -0.25) is 9.59 Å². The van der Waals surface area contributed by atoms with Crippen LogP contribution in [-0.2, 0) is 22.7 Å². The van der Waals surface area contributed by atoms with Gasteiger partial charge < -0.3 is 30.0 Å². The standard InChI is InChI=1S/C25H21F2NO3S.C19H19NO3S/c1-30-12-11-28-25(29)18-7-2-5-16(13-18)20-8-3-6-17-14-19(32-24(17)20)15-31-22-10-4-9-21(26)23(22)27;1-23-9-8-20-19(22)15-6-2-4-13(10-15)17-7-3-5-14-11-16(12-21)24-18(14)17/h2-10,13-14H,11-12,15H2,1H3,(H,28,29);2-7,10-11,21H,8-9,12H2,1H3,(H,20,22). The van der Waals surface area contributed by atoms with Crippen molar-refractivity contribution in [3.05, 3.63) is 148 Å². The second-order valence-electron chi connectivity index (χ2n) is 12.5. The largest absolute Gasteiger partial charge is 0.485 e. The first-order valence-corrected chi connectivity index (χ1v) is 19.4. The number of hydrogen-bond acceptors (Lipinski definition) is 8. The van der Waals surface area contributed by atoms with Crippen molar-refractivity contribution in [1.82, 2.24) is 10.6 Å². The monoisotopic (exact) mass is 794 g/mol. The molecule has 0 spiro atoms. The molecule has 0 unspecified atom stereocenters. The molecule has 12 heteroatoms. The Bertz CT molecular complexity index is 2450. The molecule has 0 fully saturated rings. The highest BCUT2D eigenvalue weighted by Crippen LogP contribution is 2.37. The van der Waals surface area contributed by atoms with E-state index in [1.807, 2.05) is 84.9 Å². The molecule has 2 aromatic heterocycles. The molecule has 5 aromatic carbocycles. The third-order valence-corrected chi connectivity index (χ3v) is 11.0. The Morgan fingerprint density at radius 1 is 0.643 bits per heavy atom. The van der Waals surface area contributed by atoms with Crippen molar-refractivity contribution in [3.63, 3.8) is 0 Å². The van der Waals surface area contributed by atoms with Gasteiger partial charge in [0.25, 0.3) is 11.8 Å². The maximum Gasteiger partial charge on any atom is 0.251 e. The molecular weight excluding hydrogens is 755 g/mol. The summed E-state index contributed by atoms with van der Waals surface area (Å²) in [5.74, 6) is -2.31. The van der Waals surface area contributed by atoms with Gasteiger partial charge in [0.2, 0.25) is 5.82 Å². The Morgan fingerprint density at radius 2 is 1.14 bits per heavy atom. The zero-order valence-corrected chi connectivity index (χ0v) is 32.4. The zero-order valence-electron chi connectivity index (χ0n) is 30.8. The number of nitrogens with one attached hydrogen (secondary N) is 2. The molecule has 7 aromatic rings. The number of fused-ring (bicyclic) bond motifs is 2. The number of benzene rings is 5. The minimum Gasteiger partial charge on any atom is -0.485 e. The van der Waals surface area contributed by atoms with Crippen molar-refractivity contribution in [1.29, 1.82) is 0 Å². The minimum atomic E-state index is -0.991. The average Bonchev–Trinajstić information content (AvgIpc) is 3.86. The smallest absolute Gasteiger partial charge is 0.251 e. The molecule has 3 N–H and O–H groups in total. The molecular formula is C44H40F2N2O6S2. The molecule has 0 saturated carbocycles. The van der Waals surface area contributed by atoms with Crippen LogP contribution in [0.1, 0.15) is 30.5 Å². The third-order valence-electron chi connectivity index (χ3n) is 8.69. The molecule has 7 rings (SSSR count). The van der Waals surface area contributed by atoms with E-state index in [9.17, 15) is 23.5 Å². The van der Waals surface area contributed by atoms with E-state index in [0.717, 1.165) is 58.2 Å². The van der Waals surface area contributed by atoms with Crippen molar-refractivity contribution in [3.8, 4) is 28.0 Å². The molecule has 0 bridgehead atoms. The first-order valence-electron chi connectivity index (χ1n) is 17.7. The lowest BCUT2D eigenvalue weighted by molar-refractivity contribution is 0.0929. The van der Waals surface area contributed by atoms with Gasteiger partial charge in [0.05, 0.1) is 19.8 Å². The fraction of sp³-hybridized carbons (Fsp3) is 0.182. The van der Waals surface area contributed by atoms with Crippen LogP contribution in [0.3, 0.4) is 0 Å². The van der Waals surface area contributed by atoms with Crippen LogP contribution in [0, 0.1) is 11.6 Å². The molecule has 0 aliphatic rings. The van der Waals surface area contributed by atoms with Gasteiger partial charge in [-0.05, 0) is 81.6 Å². The number of methoxy groups -OCH3 is 2. The van der Waals surface area contributed by atoms with Crippen molar-refractivity contribution in [2.24, 2.45) is 0 Å². The normalized spacial score (nSPS) is 10.9. The number of amides is 2. The lowest BCUT2D eigenvalue weighted by atomic mass is 10.0. The van der Waals surface area contributed by atoms with E-state index in [2.05, 4.69) is 10.6 Å². The number of rotatable bonds is 14. The maximum absolute atomic E-state index is 13.9. The molecule has 0 aliphatic carbocycles. The number of ether oxygens (including phenoxy) is 3. The van der Waals surface area contributed by atoms with E-state index in [1.54, 1.807) is 37.7 Å². The molecule has 2 heterocycles. The highest BCUT2D eigenvalue weighted by molar-refractivity contribution is 7.20. The minimum absolute atomic E-state index is 0.0424. The summed E-state index contributed by atoms with van der Waals surface area (Å²) in [6, 6.07) is 34.9. The second kappa shape index (κ2) is 19.4. The topological polar surface area (TPSA) is 106 Å². The summed E-state index contributed by atoms with van der Waals surface area (Å²) in [6.07, 6.45) is 0. The van der Waals surface area contributed by atoms with Crippen LogP contribution in [0.5, 0.6) is 5.75 Å². The van der Waals surface area contributed by atoms with Gasteiger partial charge in [0, 0.05) is 57.6 Å². The van der Waals surface area contributed by atoms with Gasteiger partial charge in [0.15, 0.2) is 11.6 Å². The summed E-state index contributed by atoms with van der Waals surface area (Å²) < 4.78 is 44.8. The van der Waals surface area contributed by atoms with E-state index in [1.165, 1.54) is 23.5 Å². The zero-order chi connectivity index (χ0) is 39.4. The first kappa shape index (κ1) is 40.2. The summed E-state index contributed by atoms with van der Waals surface area (Å²) in [5.41, 5.74) is 5.16. The molecule has 0 radical (unpaired) electrons. The van der Waals surface area contributed by atoms with E-state index < -0.39 is 11.6 Å². The van der Waals surface area contributed by atoms with Gasteiger partial charge in [-0.25, -0.2) is 4.39 Å². The summed E-state index contributed by atoms with van der Waals surface area (Å²) in [5, 5.41) is 17.1. The third kappa shape index (κ3) is 9.83. The van der Waals surface area contributed by atoms with Crippen LogP contribution in [0.25, 0.3) is 42.4 Å². The first-order chi connectivity index (χ1) is 27.3. The van der Waals surface area contributed by atoms with Gasteiger partial charge in [-0.15, -0.1) is 22.7 Å². The van der Waals surface area contributed by atoms with Crippen molar-refractivity contribution in [2.75, 3.05) is 40.5 Å². The highest BCUT2D eigenvalue weighted by Gasteiger charge is 2.14. The van der Waals surface area contributed by atoms with Gasteiger partial charge in [-0.2, -0.15) is 4.39 Å². The summed E-state index contributed by atoms with van der Waals surface area (Å²) in [7, 11) is 3.19. The Hall–Kier alpha value is -5.50. The number of carbonyl (C=O) groups excluding carboxylic acids is 2. The van der Waals surface area contributed by atoms with Crippen LogP contribution >= 0.6 is 22.7 Å². The lowest BCUT2D eigenvalue weighted by Crippen LogP contribution is -2.26. The summed E-state index contributed by atoms with van der Waals surface area (Å²) in [4.78, 5) is 26.4. The molecule has 56 heavy (non-hydrogen) atoms. The van der Waals surface area contributed by atoms with Gasteiger partial charge in [-0.1, -0.05) is 66.7 Å². The summed E-state index contributed by atoms with van der Waals surface area (Å²) >= 11 is 3.10. The molecule has 288 valence electrons. The predicted octanol–water partition coefficient (Wildman–Crippen LogP) is 9.24. The highest BCUT2D eigenvalue weighted by atomic mass is 32.1. The second-order valence-corrected chi connectivity index (χ2v) is 14.8. The van der Waals surface area contributed by atoms with Gasteiger partial charge >= 0.3 is 0 Å². The Labute approximate surface area is 331 Å². The average molecular weight is 795 g/mol. The van der Waals surface area contributed by atoms with Crippen LogP contribution < -0.4 is 15.4 Å². The number of hydrogen-bond donors (Lipinski definition) is 3. The lowest BCUT2D eigenvalue weighted by Gasteiger charge is -2.08. The Kier molecular flexibility index (Phi) is 13.9. The molecule has 0 saturated heterocycles. The van der Waals surface area contributed by atoms with Crippen LogP contribution in [0.15, 0.2) is 115 Å². The van der Waals surface area contributed by atoms with Crippen molar-refractivity contribution >= 4 is 54.7 Å². The quantitative estimate of drug-likeness (QED) is 0.0949. The van der Waals surface area contributed by atoms with Crippen LogP contribution in [0.2, 0.25) is 0 Å². The van der Waals surface area contributed by atoms with Crippen LogP contribution in [-0.4, -0.2) is 57.4 Å². The fourth-order valence-corrected chi connectivity index (χ4v) is 8.13. The maximum atomic E-state index is 13.9. The number of carbonyl (C=O) groups is 2. The number of halogens is 2. The van der Waals surface area contributed by atoms with E-state index in [-0.39, 0.29) is 30.8 Å². The summed E-state index contributed by atoms with van der Waals surface area (Å²) in [6.45, 7) is 2.03. The van der Waals surface area contributed by atoms with Gasteiger partial charge in [0.1, 0.15) is 6.61 Å². The molecule has 0 aliphatic heterocycles. The SMILES string of the molecule is COCCNC(=O)c1cccc(-c2cccc3cc(CO)sc23)c1.COCCNC(=O)c1cccc(-c2cccc3cc(COc4cccc(F)c4F)sc23)c1. The fourth-order valence-electron chi connectivity index (χ4n) is 5.97. The van der Waals surface area contributed by atoms with Crippen LogP contribution in [0.4, 0.5) is 8.78 Å². The van der Waals surface area contributed by atoms with E-state index in [4.69, 9.17) is 14.2 Å². The van der Waals surface area contributed by atoms with E-state index in [0.29, 0.717) is 37.4 Å². The molecule has 0 atom stereocenters. The number of aliphatic hydroxyl groups excluding tert-OH is 1. The predicted molar refractivity (Wildman–Crippen MR) is 220 cm³/mol. The van der Waals surface area contributed by atoms with Crippen molar-refractivity contribution < 1.29 is 37.7 Å². The number of thiophene rings is 2. The molecule has 2 amide bonds. The van der Waals surface area contributed by atoms with Crippen molar-refractivity contribution in [2.45, 2.75) is 13.2 Å². The van der Waals surface area contributed by atoms with E-state index >= 15 is 0 Å². The number of aliphatic hydroxyl groups is 1.